The van der Waals surface area contributed by atoms with Gasteiger partial charge in [0.15, 0.2) is 0 Å². The third-order valence-corrected chi connectivity index (χ3v) is 7.43. The van der Waals surface area contributed by atoms with Gasteiger partial charge in [-0.05, 0) is 74.0 Å². The van der Waals surface area contributed by atoms with Crippen molar-refractivity contribution < 1.29 is 9.59 Å². The molecule has 2 aromatic carbocycles. The van der Waals surface area contributed by atoms with E-state index in [0.29, 0.717) is 11.6 Å². The summed E-state index contributed by atoms with van der Waals surface area (Å²) in [6, 6.07) is 16.1. The van der Waals surface area contributed by atoms with Crippen LogP contribution in [0.2, 0.25) is 0 Å². The predicted octanol–water partition coefficient (Wildman–Crippen LogP) is 5.15. The molecule has 3 aromatic rings. The molecule has 182 valence electrons. The topological polar surface area (TPSA) is 74.3 Å². The smallest absolute Gasteiger partial charge is 0.256 e. The lowest BCUT2D eigenvalue weighted by atomic mass is 9.92. The van der Waals surface area contributed by atoms with Crippen molar-refractivity contribution >= 4 is 28.3 Å². The number of likely N-dealkylation sites (tertiary alicyclic amines) is 1. The first kappa shape index (κ1) is 23.5. The number of carbonyl (C=O) groups excluding carboxylic acids is 2. The van der Waals surface area contributed by atoms with Crippen LogP contribution in [0.4, 0.5) is 5.69 Å². The van der Waals surface area contributed by atoms with E-state index < -0.39 is 0 Å². The minimum Gasteiger partial charge on any atom is -0.353 e. The second kappa shape index (κ2) is 11.0. The molecule has 1 aromatic heterocycles. The summed E-state index contributed by atoms with van der Waals surface area (Å²) in [5, 5.41) is 8.20. The molecule has 35 heavy (non-hydrogen) atoms. The number of piperidine rings is 1. The molecule has 0 atom stereocenters. The summed E-state index contributed by atoms with van der Waals surface area (Å²) in [7, 11) is 0. The maximum absolute atomic E-state index is 13.0. The number of carbonyl (C=O) groups is 2. The van der Waals surface area contributed by atoms with Crippen molar-refractivity contribution in [3.8, 4) is 0 Å². The van der Waals surface area contributed by atoms with Crippen molar-refractivity contribution in [1.82, 2.24) is 15.2 Å². The van der Waals surface area contributed by atoms with Crippen LogP contribution in [0.25, 0.3) is 10.8 Å². The summed E-state index contributed by atoms with van der Waals surface area (Å²) >= 11 is 0. The zero-order valence-corrected chi connectivity index (χ0v) is 20.2. The van der Waals surface area contributed by atoms with E-state index in [0.717, 1.165) is 67.3 Å². The maximum atomic E-state index is 13.0. The van der Waals surface area contributed by atoms with Gasteiger partial charge in [-0.1, -0.05) is 43.5 Å². The van der Waals surface area contributed by atoms with Crippen LogP contribution in [0.15, 0.2) is 60.9 Å². The summed E-state index contributed by atoms with van der Waals surface area (Å²) < 4.78 is 0. The lowest BCUT2D eigenvalue weighted by Gasteiger charge is -2.32. The summed E-state index contributed by atoms with van der Waals surface area (Å²) in [4.78, 5) is 32.3. The zero-order valence-electron chi connectivity index (χ0n) is 20.2. The summed E-state index contributed by atoms with van der Waals surface area (Å²) in [6.45, 7) is 2.66. The Morgan fingerprint density at radius 3 is 2.57 bits per heavy atom. The number of pyridine rings is 1. The first-order valence-corrected chi connectivity index (χ1v) is 12.9. The molecule has 2 amide bonds. The zero-order chi connectivity index (χ0) is 24.0. The first-order chi connectivity index (χ1) is 17.2. The minimum atomic E-state index is -0.134. The van der Waals surface area contributed by atoms with Crippen LogP contribution >= 0.6 is 0 Å². The van der Waals surface area contributed by atoms with Crippen molar-refractivity contribution in [2.75, 3.05) is 18.4 Å². The number of anilines is 1. The summed E-state index contributed by atoms with van der Waals surface area (Å²) in [5.41, 5.74) is 2.57. The fourth-order valence-electron chi connectivity index (χ4n) is 5.43. The quantitative estimate of drug-likeness (QED) is 0.523. The monoisotopic (exact) mass is 470 g/mol. The molecule has 1 aliphatic carbocycles. The molecule has 6 nitrogen and oxygen atoms in total. The van der Waals surface area contributed by atoms with Crippen LogP contribution in [0.5, 0.6) is 0 Å². The van der Waals surface area contributed by atoms with Crippen LogP contribution < -0.4 is 10.6 Å². The third-order valence-electron chi connectivity index (χ3n) is 7.43. The van der Waals surface area contributed by atoms with Gasteiger partial charge in [0.25, 0.3) is 5.91 Å². The van der Waals surface area contributed by atoms with E-state index in [-0.39, 0.29) is 17.7 Å². The second-order valence-corrected chi connectivity index (χ2v) is 9.95. The van der Waals surface area contributed by atoms with Crippen molar-refractivity contribution in [2.45, 2.75) is 57.5 Å². The SMILES string of the molecule is O=C(Nc1cccc(CN2CCC(C(=O)NC3CCCCC3)CC2)c1)c1cccc2ccncc12. The standard InChI is InChI=1S/C29H34N4O2/c34-28(31-24-8-2-1-3-9-24)23-13-16-33(17-14-23)20-21-6-4-10-25(18-21)32-29(35)26-11-5-7-22-12-15-30-19-27(22)26/h4-7,10-12,15,18-19,23-24H,1-3,8-9,13-14,16-17,20H2,(H,31,34)(H,32,35). The van der Waals surface area contributed by atoms with E-state index in [4.69, 9.17) is 0 Å². The van der Waals surface area contributed by atoms with Crippen molar-refractivity contribution in [3.63, 3.8) is 0 Å². The number of aromatic nitrogens is 1. The van der Waals surface area contributed by atoms with Gasteiger partial charge in [-0.25, -0.2) is 0 Å². The van der Waals surface area contributed by atoms with Gasteiger partial charge < -0.3 is 10.6 Å². The van der Waals surface area contributed by atoms with Crippen LogP contribution in [-0.4, -0.2) is 40.8 Å². The molecule has 2 N–H and O–H groups in total. The van der Waals surface area contributed by atoms with E-state index in [9.17, 15) is 9.59 Å². The van der Waals surface area contributed by atoms with E-state index in [1.54, 1.807) is 12.4 Å². The molecule has 5 rings (SSSR count). The van der Waals surface area contributed by atoms with E-state index in [2.05, 4.69) is 26.6 Å². The molecular weight excluding hydrogens is 436 g/mol. The van der Waals surface area contributed by atoms with Gasteiger partial charge in [-0.3, -0.25) is 19.5 Å². The number of amides is 2. The third kappa shape index (κ3) is 5.88. The minimum absolute atomic E-state index is 0.133. The fraction of sp³-hybridized carbons (Fsp3) is 0.414. The number of rotatable bonds is 6. The van der Waals surface area contributed by atoms with Gasteiger partial charge in [0.05, 0.1) is 0 Å². The average Bonchev–Trinajstić information content (AvgIpc) is 2.89. The number of nitrogens with one attached hydrogen (secondary N) is 2. The number of hydrogen-bond acceptors (Lipinski definition) is 4. The molecule has 0 radical (unpaired) electrons. The summed E-state index contributed by atoms with van der Waals surface area (Å²) in [5.74, 6) is 0.254. The fourth-order valence-corrected chi connectivity index (χ4v) is 5.43. The van der Waals surface area contributed by atoms with Gasteiger partial charge in [0, 0.05) is 47.5 Å². The molecule has 1 saturated carbocycles. The Balaban J connectivity index is 1.15. The molecule has 2 fully saturated rings. The predicted molar refractivity (Wildman–Crippen MR) is 139 cm³/mol. The Kier molecular flexibility index (Phi) is 7.38. The Morgan fingerprint density at radius 1 is 0.943 bits per heavy atom. The van der Waals surface area contributed by atoms with Gasteiger partial charge in [-0.15, -0.1) is 0 Å². The first-order valence-electron chi connectivity index (χ1n) is 12.9. The molecule has 1 aliphatic heterocycles. The van der Waals surface area contributed by atoms with Crippen LogP contribution in [0.1, 0.15) is 60.9 Å². The largest absolute Gasteiger partial charge is 0.353 e. The molecule has 1 saturated heterocycles. The van der Waals surface area contributed by atoms with Crippen LogP contribution in [0, 0.1) is 5.92 Å². The maximum Gasteiger partial charge on any atom is 0.256 e. The van der Waals surface area contributed by atoms with Crippen LogP contribution in [-0.2, 0) is 11.3 Å². The molecule has 2 heterocycles. The second-order valence-electron chi connectivity index (χ2n) is 9.95. The molecule has 0 unspecified atom stereocenters. The van der Waals surface area contributed by atoms with Crippen LogP contribution in [0.3, 0.4) is 0 Å². The lowest BCUT2D eigenvalue weighted by molar-refractivity contribution is -0.127. The Morgan fingerprint density at radius 2 is 1.74 bits per heavy atom. The van der Waals surface area contributed by atoms with Crippen molar-refractivity contribution in [2.24, 2.45) is 5.92 Å². The van der Waals surface area contributed by atoms with Gasteiger partial charge in [0.2, 0.25) is 5.91 Å². The highest BCUT2D eigenvalue weighted by Crippen LogP contribution is 2.23. The van der Waals surface area contributed by atoms with E-state index in [1.807, 2.05) is 42.5 Å². The number of benzene rings is 2. The highest BCUT2D eigenvalue weighted by Gasteiger charge is 2.27. The number of nitrogens with zero attached hydrogens (tertiary/aromatic N) is 2. The molecule has 2 aliphatic rings. The van der Waals surface area contributed by atoms with Gasteiger partial charge in [-0.2, -0.15) is 0 Å². The highest BCUT2D eigenvalue weighted by molar-refractivity contribution is 6.12. The highest BCUT2D eigenvalue weighted by atomic mass is 16.2. The normalized spacial score (nSPS) is 17.8. The Labute approximate surface area is 207 Å². The van der Waals surface area contributed by atoms with Crippen molar-refractivity contribution in [1.29, 1.82) is 0 Å². The lowest BCUT2D eigenvalue weighted by Crippen LogP contribution is -2.44. The van der Waals surface area contributed by atoms with E-state index in [1.165, 1.54) is 19.3 Å². The Hall–Kier alpha value is -3.25. The number of hydrogen-bond donors (Lipinski definition) is 2. The van der Waals surface area contributed by atoms with Crippen molar-refractivity contribution in [3.05, 3.63) is 72.1 Å². The average molecular weight is 471 g/mol. The number of fused-ring (bicyclic) bond motifs is 1. The molecule has 0 bridgehead atoms. The van der Waals surface area contributed by atoms with E-state index >= 15 is 0 Å². The van der Waals surface area contributed by atoms with Gasteiger partial charge >= 0.3 is 0 Å². The Bertz CT molecular complexity index is 1170. The molecule has 6 heteroatoms. The molecular formula is C29H34N4O2. The molecule has 0 spiro atoms. The summed E-state index contributed by atoms with van der Waals surface area (Å²) in [6.07, 6.45) is 11.3. The van der Waals surface area contributed by atoms with Gasteiger partial charge in [0.1, 0.15) is 0 Å².